The normalized spacial score (nSPS) is 18.2. The zero-order valence-electron chi connectivity index (χ0n) is 18.6. The van der Waals surface area contributed by atoms with Crippen LogP contribution in [0, 0.1) is 17.5 Å². The van der Waals surface area contributed by atoms with Gasteiger partial charge in [-0.05, 0) is 60.6 Å². The molecule has 5 heteroatoms. The first kappa shape index (κ1) is 23.1. The van der Waals surface area contributed by atoms with E-state index in [2.05, 4.69) is 6.58 Å². The molecule has 0 spiro atoms. The minimum Gasteiger partial charge on any atom is -0.494 e. The van der Waals surface area contributed by atoms with Gasteiger partial charge in [0.2, 0.25) is 5.82 Å². The van der Waals surface area contributed by atoms with Crippen molar-refractivity contribution >= 4 is 0 Å². The van der Waals surface area contributed by atoms with Gasteiger partial charge in [0.05, 0.1) is 19.8 Å². The summed E-state index contributed by atoms with van der Waals surface area (Å²) in [4.78, 5) is 0. The average molecular weight is 453 g/mol. The van der Waals surface area contributed by atoms with E-state index in [1.165, 1.54) is 19.2 Å². The minimum atomic E-state index is -1.03. The highest BCUT2D eigenvalue weighted by Crippen LogP contribution is 2.34. The van der Waals surface area contributed by atoms with Crippen LogP contribution in [-0.2, 0) is 4.74 Å². The summed E-state index contributed by atoms with van der Waals surface area (Å²) in [5.41, 5.74) is 2.69. The summed E-state index contributed by atoms with van der Waals surface area (Å²) >= 11 is 0. The van der Waals surface area contributed by atoms with Crippen molar-refractivity contribution in [2.45, 2.75) is 37.7 Å². The summed E-state index contributed by atoms with van der Waals surface area (Å²) in [5.74, 6) is -2.27. The van der Waals surface area contributed by atoms with Crippen molar-refractivity contribution in [3.05, 3.63) is 90.3 Å². The molecule has 1 unspecified atom stereocenters. The van der Waals surface area contributed by atoms with E-state index in [4.69, 9.17) is 9.47 Å². The fraction of sp³-hybridized carbons (Fsp3) is 0.286. The third-order valence-electron chi connectivity index (χ3n) is 6.30. The van der Waals surface area contributed by atoms with Gasteiger partial charge in [-0.2, -0.15) is 4.39 Å². The molecule has 3 aromatic carbocycles. The lowest BCUT2D eigenvalue weighted by molar-refractivity contribution is -0.000212. The second-order valence-electron chi connectivity index (χ2n) is 8.36. The van der Waals surface area contributed by atoms with E-state index in [0.717, 1.165) is 31.2 Å². The van der Waals surface area contributed by atoms with E-state index >= 15 is 0 Å². The minimum absolute atomic E-state index is 0.124. The van der Waals surface area contributed by atoms with Crippen LogP contribution in [0.3, 0.4) is 0 Å². The Labute approximate surface area is 192 Å². The van der Waals surface area contributed by atoms with Gasteiger partial charge < -0.3 is 9.47 Å². The molecule has 0 saturated carbocycles. The summed E-state index contributed by atoms with van der Waals surface area (Å²) in [6.45, 7) is 4.35. The highest BCUT2D eigenvalue weighted by molar-refractivity contribution is 5.71. The monoisotopic (exact) mass is 452 g/mol. The molecule has 1 aliphatic heterocycles. The van der Waals surface area contributed by atoms with Crippen LogP contribution >= 0.6 is 0 Å². The fourth-order valence-corrected chi connectivity index (χ4v) is 4.36. The number of ether oxygens (including phenoxy) is 2. The Bertz CT molecular complexity index is 1120. The smallest absolute Gasteiger partial charge is 0.201 e. The van der Waals surface area contributed by atoms with Gasteiger partial charge in [-0.15, -0.1) is 6.58 Å². The van der Waals surface area contributed by atoms with Crippen molar-refractivity contribution in [3.8, 4) is 28.0 Å². The van der Waals surface area contributed by atoms with Crippen LogP contribution in [0.1, 0.15) is 37.2 Å². The molecule has 1 aliphatic rings. The SMILES string of the molecule is C=CCC[C@H]1CCC(c2ccc(-c3ccc(-c4ccc(OC)c(F)c4F)cc3)c(F)c2)CO1. The predicted molar refractivity (Wildman–Crippen MR) is 125 cm³/mol. The third kappa shape index (κ3) is 4.98. The fourth-order valence-electron chi connectivity index (χ4n) is 4.36. The number of rotatable bonds is 7. The first-order chi connectivity index (χ1) is 16.0. The Morgan fingerprint density at radius 2 is 1.64 bits per heavy atom. The number of hydrogen-bond acceptors (Lipinski definition) is 2. The van der Waals surface area contributed by atoms with Gasteiger partial charge in [0.1, 0.15) is 5.82 Å². The summed E-state index contributed by atoms with van der Waals surface area (Å²) < 4.78 is 54.2. The first-order valence-corrected chi connectivity index (χ1v) is 11.2. The average Bonchev–Trinajstić information content (AvgIpc) is 2.85. The Kier molecular flexibility index (Phi) is 7.19. The van der Waals surface area contributed by atoms with Gasteiger partial charge in [0, 0.05) is 17.0 Å². The molecule has 3 aromatic rings. The van der Waals surface area contributed by atoms with Gasteiger partial charge in [-0.1, -0.05) is 42.5 Å². The van der Waals surface area contributed by atoms with E-state index in [0.29, 0.717) is 23.3 Å². The van der Waals surface area contributed by atoms with E-state index < -0.39 is 11.6 Å². The van der Waals surface area contributed by atoms with Gasteiger partial charge in [-0.25, -0.2) is 8.78 Å². The van der Waals surface area contributed by atoms with Crippen molar-refractivity contribution in [1.82, 2.24) is 0 Å². The van der Waals surface area contributed by atoms with Crippen LogP contribution in [0.15, 0.2) is 67.3 Å². The largest absolute Gasteiger partial charge is 0.494 e. The zero-order chi connectivity index (χ0) is 23.4. The number of allylic oxidation sites excluding steroid dienone is 1. The van der Waals surface area contributed by atoms with Gasteiger partial charge in [0.15, 0.2) is 11.6 Å². The van der Waals surface area contributed by atoms with E-state index in [1.807, 2.05) is 12.1 Å². The lowest BCUT2D eigenvalue weighted by atomic mass is 9.89. The lowest BCUT2D eigenvalue weighted by Crippen LogP contribution is -2.24. The highest BCUT2D eigenvalue weighted by atomic mass is 19.2. The molecular formula is C28H27F3O2. The summed E-state index contributed by atoms with van der Waals surface area (Å²) in [6, 6.07) is 14.9. The zero-order valence-corrected chi connectivity index (χ0v) is 18.6. The summed E-state index contributed by atoms with van der Waals surface area (Å²) in [5, 5.41) is 0. The molecule has 2 nitrogen and oxygen atoms in total. The molecule has 0 radical (unpaired) electrons. The number of hydrogen-bond donors (Lipinski definition) is 0. The predicted octanol–water partition coefficient (Wildman–Crippen LogP) is 7.68. The molecule has 1 heterocycles. The number of benzene rings is 3. The molecule has 1 saturated heterocycles. The molecule has 0 amide bonds. The molecule has 2 atom stereocenters. The van der Waals surface area contributed by atoms with Crippen LogP contribution in [0.2, 0.25) is 0 Å². The van der Waals surface area contributed by atoms with Crippen LogP contribution in [-0.4, -0.2) is 19.8 Å². The molecular weight excluding hydrogens is 425 g/mol. The Morgan fingerprint density at radius 1 is 0.939 bits per heavy atom. The molecule has 0 aromatic heterocycles. The lowest BCUT2D eigenvalue weighted by Gasteiger charge is -2.29. The maximum absolute atomic E-state index is 15.0. The van der Waals surface area contributed by atoms with Gasteiger partial charge >= 0.3 is 0 Å². The van der Waals surface area contributed by atoms with Crippen LogP contribution in [0.25, 0.3) is 22.3 Å². The standard InChI is InChI=1S/C28H27F3O2/c1-3-4-5-22-12-10-21(17-33-22)20-11-13-23(25(29)16-20)18-6-8-19(9-7-18)24-14-15-26(32-2)28(31)27(24)30/h3,6-9,11,13-16,21-22H,1,4-5,10,12,17H2,2H3/t21?,22-/m0/s1. The number of halogens is 3. The molecule has 172 valence electrons. The van der Waals surface area contributed by atoms with Crippen molar-refractivity contribution < 1.29 is 22.6 Å². The van der Waals surface area contributed by atoms with Crippen molar-refractivity contribution in [3.63, 3.8) is 0 Å². The second kappa shape index (κ2) is 10.3. The molecule has 33 heavy (non-hydrogen) atoms. The van der Waals surface area contributed by atoms with Crippen LogP contribution in [0.4, 0.5) is 13.2 Å². The number of methoxy groups -OCH3 is 1. The van der Waals surface area contributed by atoms with E-state index in [-0.39, 0.29) is 29.2 Å². The topological polar surface area (TPSA) is 18.5 Å². The quantitative estimate of drug-likeness (QED) is 0.342. The Balaban J connectivity index is 1.49. The molecule has 0 N–H and O–H groups in total. The maximum atomic E-state index is 15.0. The first-order valence-electron chi connectivity index (χ1n) is 11.2. The van der Waals surface area contributed by atoms with E-state index in [9.17, 15) is 13.2 Å². The second-order valence-corrected chi connectivity index (χ2v) is 8.36. The van der Waals surface area contributed by atoms with Gasteiger partial charge in [-0.3, -0.25) is 0 Å². The van der Waals surface area contributed by atoms with Crippen LogP contribution < -0.4 is 4.74 Å². The molecule has 1 fully saturated rings. The van der Waals surface area contributed by atoms with Crippen molar-refractivity contribution in [2.75, 3.05) is 13.7 Å². The Morgan fingerprint density at radius 3 is 2.24 bits per heavy atom. The highest BCUT2D eigenvalue weighted by Gasteiger charge is 2.23. The molecule has 4 rings (SSSR count). The molecule has 0 bridgehead atoms. The van der Waals surface area contributed by atoms with Crippen molar-refractivity contribution in [1.29, 1.82) is 0 Å². The van der Waals surface area contributed by atoms with Gasteiger partial charge in [0.25, 0.3) is 0 Å². The maximum Gasteiger partial charge on any atom is 0.201 e. The van der Waals surface area contributed by atoms with Crippen molar-refractivity contribution in [2.24, 2.45) is 0 Å². The summed E-state index contributed by atoms with van der Waals surface area (Å²) in [7, 11) is 1.29. The Hall–Kier alpha value is -3.05. The third-order valence-corrected chi connectivity index (χ3v) is 6.30. The summed E-state index contributed by atoms with van der Waals surface area (Å²) in [6.07, 6.45) is 6.02. The molecule has 0 aliphatic carbocycles. The van der Waals surface area contributed by atoms with E-state index in [1.54, 1.807) is 36.4 Å². The van der Waals surface area contributed by atoms with Crippen LogP contribution in [0.5, 0.6) is 5.75 Å².